The molecule has 0 aliphatic heterocycles. The van der Waals surface area contributed by atoms with Crippen molar-refractivity contribution < 1.29 is 4.74 Å². The number of nitrogens with zero attached hydrogens (tertiary/aromatic N) is 2. The topological polar surface area (TPSA) is 27.1 Å². The third kappa shape index (κ3) is 3.65. The summed E-state index contributed by atoms with van der Waals surface area (Å²) in [4.78, 5) is 4.25. The SMILES string of the molecule is Cn1ccnc1CCOc1c(Cl)cc(Cl)cc1CBr. The van der Waals surface area contributed by atoms with Crippen LogP contribution in [-0.4, -0.2) is 16.2 Å². The van der Waals surface area contributed by atoms with E-state index in [1.54, 1.807) is 12.3 Å². The van der Waals surface area contributed by atoms with Crippen molar-refractivity contribution in [3.05, 3.63) is 46.0 Å². The number of rotatable bonds is 5. The van der Waals surface area contributed by atoms with Crippen LogP contribution in [0, 0.1) is 0 Å². The fraction of sp³-hybridized carbons (Fsp3) is 0.308. The predicted molar refractivity (Wildman–Crippen MR) is 81.5 cm³/mol. The monoisotopic (exact) mass is 362 g/mol. The van der Waals surface area contributed by atoms with Crippen LogP contribution in [0.4, 0.5) is 0 Å². The normalized spacial score (nSPS) is 10.7. The van der Waals surface area contributed by atoms with Crippen molar-refractivity contribution in [2.75, 3.05) is 6.61 Å². The van der Waals surface area contributed by atoms with Crippen LogP contribution in [0.25, 0.3) is 0 Å². The lowest BCUT2D eigenvalue weighted by Crippen LogP contribution is -2.07. The number of aryl methyl sites for hydroxylation is 1. The van der Waals surface area contributed by atoms with Gasteiger partial charge in [0.25, 0.3) is 0 Å². The van der Waals surface area contributed by atoms with Crippen molar-refractivity contribution in [1.29, 1.82) is 0 Å². The zero-order valence-electron chi connectivity index (χ0n) is 10.4. The lowest BCUT2D eigenvalue weighted by atomic mass is 10.2. The van der Waals surface area contributed by atoms with Crippen LogP contribution >= 0.6 is 39.1 Å². The number of alkyl halides is 1. The summed E-state index contributed by atoms with van der Waals surface area (Å²) < 4.78 is 7.74. The van der Waals surface area contributed by atoms with E-state index in [0.29, 0.717) is 27.7 Å². The number of hydrogen-bond donors (Lipinski definition) is 0. The van der Waals surface area contributed by atoms with Gasteiger partial charge < -0.3 is 9.30 Å². The molecule has 19 heavy (non-hydrogen) atoms. The molecule has 2 rings (SSSR count). The molecule has 1 aromatic heterocycles. The van der Waals surface area contributed by atoms with E-state index in [-0.39, 0.29) is 0 Å². The Balaban J connectivity index is 2.05. The highest BCUT2D eigenvalue weighted by Gasteiger charge is 2.10. The van der Waals surface area contributed by atoms with E-state index in [2.05, 4.69) is 20.9 Å². The van der Waals surface area contributed by atoms with E-state index < -0.39 is 0 Å². The second-order valence-corrected chi connectivity index (χ2v) is 5.47. The Morgan fingerprint density at radius 1 is 1.37 bits per heavy atom. The molecule has 0 saturated carbocycles. The molecule has 102 valence electrons. The second-order valence-electron chi connectivity index (χ2n) is 4.06. The number of hydrogen-bond acceptors (Lipinski definition) is 2. The standard InChI is InChI=1S/C13H13BrCl2N2O/c1-18-4-3-17-12(18)2-5-19-13-9(8-14)6-10(15)7-11(13)16/h3-4,6-7H,2,5,8H2,1H3. The maximum absolute atomic E-state index is 6.15. The Morgan fingerprint density at radius 2 is 2.16 bits per heavy atom. The van der Waals surface area contributed by atoms with E-state index in [1.165, 1.54) is 0 Å². The van der Waals surface area contributed by atoms with Crippen LogP contribution in [0.3, 0.4) is 0 Å². The Labute approximate surface area is 130 Å². The summed E-state index contributed by atoms with van der Waals surface area (Å²) in [7, 11) is 1.96. The first kappa shape index (κ1) is 14.7. The third-order valence-corrected chi connectivity index (χ3v) is 3.83. The molecular weight excluding hydrogens is 351 g/mol. The molecule has 0 amide bonds. The van der Waals surface area contributed by atoms with Crippen LogP contribution in [-0.2, 0) is 18.8 Å². The molecule has 0 bridgehead atoms. The molecule has 1 aromatic carbocycles. The van der Waals surface area contributed by atoms with Crippen LogP contribution in [0.2, 0.25) is 10.0 Å². The first-order valence-corrected chi connectivity index (χ1v) is 7.62. The minimum absolute atomic E-state index is 0.520. The van der Waals surface area contributed by atoms with Gasteiger partial charge in [-0.1, -0.05) is 39.1 Å². The largest absolute Gasteiger partial charge is 0.491 e. The summed E-state index contributed by atoms with van der Waals surface area (Å²) in [5, 5.41) is 1.78. The molecular formula is C13H13BrCl2N2O. The Morgan fingerprint density at radius 3 is 2.79 bits per heavy atom. The van der Waals surface area contributed by atoms with Crippen molar-refractivity contribution >= 4 is 39.1 Å². The molecule has 0 aliphatic carbocycles. The van der Waals surface area contributed by atoms with Gasteiger partial charge in [0.2, 0.25) is 0 Å². The van der Waals surface area contributed by atoms with Crippen LogP contribution in [0.5, 0.6) is 5.75 Å². The van der Waals surface area contributed by atoms with E-state index in [0.717, 1.165) is 17.8 Å². The van der Waals surface area contributed by atoms with Crippen LogP contribution in [0.15, 0.2) is 24.5 Å². The third-order valence-electron chi connectivity index (χ3n) is 2.72. The van der Waals surface area contributed by atoms with Crippen molar-refractivity contribution in [1.82, 2.24) is 9.55 Å². The van der Waals surface area contributed by atoms with E-state index in [4.69, 9.17) is 27.9 Å². The lowest BCUT2D eigenvalue weighted by Gasteiger charge is -2.12. The summed E-state index contributed by atoms with van der Waals surface area (Å²) >= 11 is 15.5. The van der Waals surface area contributed by atoms with Crippen molar-refractivity contribution in [2.24, 2.45) is 7.05 Å². The van der Waals surface area contributed by atoms with Gasteiger partial charge in [-0.2, -0.15) is 0 Å². The van der Waals surface area contributed by atoms with Gasteiger partial charge in [-0.05, 0) is 12.1 Å². The molecule has 2 aromatic rings. The predicted octanol–water partition coefficient (Wildman–Crippen LogP) is 4.24. The summed E-state index contributed by atoms with van der Waals surface area (Å²) in [5.41, 5.74) is 0.942. The summed E-state index contributed by atoms with van der Waals surface area (Å²) in [6.45, 7) is 0.520. The molecule has 0 spiro atoms. The zero-order chi connectivity index (χ0) is 13.8. The molecule has 0 fully saturated rings. The number of imidazole rings is 1. The fourth-order valence-corrected chi connectivity index (χ4v) is 2.76. The first-order chi connectivity index (χ1) is 9.11. The summed E-state index contributed by atoms with van der Waals surface area (Å²) in [6, 6.07) is 3.53. The van der Waals surface area contributed by atoms with E-state index in [1.807, 2.05) is 23.9 Å². The number of halogens is 3. The van der Waals surface area contributed by atoms with Gasteiger partial charge in [0.05, 0.1) is 11.6 Å². The highest BCUT2D eigenvalue weighted by molar-refractivity contribution is 9.08. The molecule has 0 N–H and O–H groups in total. The minimum Gasteiger partial charge on any atom is -0.491 e. The van der Waals surface area contributed by atoms with Gasteiger partial charge in [-0.15, -0.1) is 0 Å². The van der Waals surface area contributed by atoms with Crippen molar-refractivity contribution in [3.63, 3.8) is 0 Å². The molecule has 6 heteroatoms. The van der Waals surface area contributed by atoms with Gasteiger partial charge in [-0.25, -0.2) is 4.98 Å². The Bertz CT molecular complexity index is 572. The summed E-state index contributed by atoms with van der Waals surface area (Å²) in [5.74, 6) is 1.66. The van der Waals surface area contributed by atoms with Crippen LogP contribution < -0.4 is 4.74 Å². The molecule has 0 atom stereocenters. The second kappa shape index (κ2) is 6.64. The van der Waals surface area contributed by atoms with Gasteiger partial charge in [0, 0.05) is 41.8 Å². The van der Waals surface area contributed by atoms with Gasteiger partial charge in [-0.3, -0.25) is 0 Å². The molecule has 0 aliphatic rings. The minimum atomic E-state index is 0.520. The van der Waals surface area contributed by atoms with Gasteiger partial charge in [0.1, 0.15) is 11.6 Å². The quantitative estimate of drug-likeness (QED) is 0.742. The Kier molecular flexibility index (Phi) is 5.13. The molecule has 0 saturated heterocycles. The highest BCUT2D eigenvalue weighted by atomic mass is 79.9. The van der Waals surface area contributed by atoms with Crippen molar-refractivity contribution in [3.8, 4) is 5.75 Å². The summed E-state index contributed by atoms with van der Waals surface area (Å²) in [6.07, 6.45) is 4.41. The Hall–Kier alpha value is -0.710. The molecule has 1 heterocycles. The molecule has 0 unspecified atom stereocenters. The fourth-order valence-electron chi connectivity index (χ4n) is 1.76. The van der Waals surface area contributed by atoms with E-state index >= 15 is 0 Å². The lowest BCUT2D eigenvalue weighted by molar-refractivity contribution is 0.315. The van der Waals surface area contributed by atoms with Crippen LogP contribution in [0.1, 0.15) is 11.4 Å². The van der Waals surface area contributed by atoms with Crippen molar-refractivity contribution in [2.45, 2.75) is 11.8 Å². The molecule has 3 nitrogen and oxygen atoms in total. The van der Waals surface area contributed by atoms with E-state index in [9.17, 15) is 0 Å². The van der Waals surface area contributed by atoms with Gasteiger partial charge >= 0.3 is 0 Å². The number of aromatic nitrogens is 2. The average Bonchev–Trinajstić information content (AvgIpc) is 2.77. The maximum Gasteiger partial charge on any atom is 0.142 e. The average molecular weight is 364 g/mol. The molecule has 0 radical (unpaired) electrons. The maximum atomic E-state index is 6.15. The number of benzene rings is 1. The smallest absolute Gasteiger partial charge is 0.142 e. The van der Waals surface area contributed by atoms with Gasteiger partial charge in [0.15, 0.2) is 0 Å². The first-order valence-electron chi connectivity index (χ1n) is 5.74. The highest BCUT2D eigenvalue weighted by Crippen LogP contribution is 2.33. The number of ether oxygens (including phenoxy) is 1. The zero-order valence-corrected chi connectivity index (χ0v) is 13.5.